The quantitative estimate of drug-likeness (QED) is 0.489. The second-order valence-electron chi connectivity index (χ2n) is 11.3. The van der Waals surface area contributed by atoms with E-state index in [4.69, 9.17) is 21.1 Å². The number of nitrogens with zero attached hydrogens (tertiary/aromatic N) is 1. The lowest BCUT2D eigenvalue weighted by atomic mass is 9.63. The number of carbonyl (C=O) groups is 2. The molecular weight excluding hydrogens is 450 g/mol. The first-order valence-electron chi connectivity index (χ1n) is 12.2. The van der Waals surface area contributed by atoms with E-state index in [-0.39, 0.29) is 22.4 Å². The summed E-state index contributed by atoms with van der Waals surface area (Å²) in [6.45, 7) is 12.2. The molecule has 1 aromatic rings. The minimum absolute atomic E-state index is 0.118. The smallest absolute Gasteiger partial charge is 0.162 e. The van der Waals surface area contributed by atoms with Crippen LogP contribution in [0.15, 0.2) is 40.7 Å². The molecule has 5 nitrogen and oxygen atoms in total. The highest BCUT2D eigenvalue weighted by molar-refractivity contribution is 6.32. The molecule has 0 radical (unpaired) electrons. The van der Waals surface area contributed by atoms with Crippen LogP contribution in [0.4, 0.5) is 0 Å². The molecule has 1 aliphatic heterocycles. The first-order chi connectivity index (χ1) is 16.0. The summed E-state index contributed by atoms with van der Waals surface area (Å²) in [5.74, 6) is 0.450. The Labute approximate surface area is 208 Å². The zero-order valence-electron chi connectivity index (χ0n) is 21.2. The Kier molecular flexibility index (Phi) is 6.73. The van der Waals surface area contributed by atoms with Crippen molar-refractivity contribution in [2.45, 2.75) is 66.2 Å². The molecule has 0 saturated heterocycles. The predicted octanol–water partition coefficient (Wildman–Crippen LogP) is 6.07. The van der Waals surface area contributed by atoms with E-state index in [2.05, 4.69) is 32.6 Å². The van der Waals surface area contributed by atoms with Gasteiger partial charge in [-0.3, -0.25) is 9.59 Å². The molecule has 0 N–H and O–H groups in total. The van der Waals surface area contributed by atoms with Gasteiger partial charge in [-0.2, -0.15) is 0 Å². The molecule has 0 aromatic heterocycles. The van der Waals surface area contributed by atoms with Crippen molar-refractivity contribution in [3.63, 3.8) is 0 Å². The van der Waals surface area contributed by atoms with E-state index >= 15 is 0 Å². The summed E-state index contributed by atoms with van der Waals surface area (Å²) in [7, 11) is 1.69. The summed E-state index contributed by atoms with van der Waals surface area (Å²) in [5.41, 5.74) is 4.17. The van der Waals surface area contributed by atoms with Gasteiger partial charge in [-0.15, -0.1) is 0 Å². The van der Waals surface area contributed by atoms with Crippen LogP contribution in [0, 0.1) is 10.8 Å². The van der Waals surface area contributed by atoms with Gasteiger partial charge in [-0.25, -0.2) is 0 Å². The second kappa shape index (κ2) is 9.16. The highest BCUT2D eigenvalue weighted by Gasteiger charge is 2.48. The molecule has 0 spiro atoms. The lowest BCUT2D eigenvalue weighted by Crippen LogP contribution is -2.45. The third-order valence-corrected chi connectivity index (χ3v) is 7.43. The molecule has 0 saturated carbocycles. The monoisotopic (exact) mass is 485 g/mol. The van der Waals surface area contributed by atoms with E-state index in [0.29, 0.717) is 43.4 Å². The van der Waals surface area contributed by atoms with Crippen LogP contribution in [0.3, 0.4) is 0 Å². The summed E-state index contributed by atoms with van der Waals surface area (Å²) in [6, 6.07) is 5.69. The van der Waals surface area contributed by atoms with Crippen molar-refractivity contribution in [3.8, 4) is 5.75 Å². The average molecular weight is 486 g/mol. The van der Waals surface area contributed by atoms with Crippen LogP contribution in [0.1, 0.15) is 71.8 Å². The number of Topliss-reactive ketones (excluding diaryl/α,β-unsaturated/α-hetero) is 2. The highest BCUT2D eigenvalue weighted by Crippen LogP contribution is 2.54. The zero-order chi connectivity index (χ0) is 24.8. The first-order valence-corrected chi connectivity index (χ1v) is 12.6. The standard InChI is InChI=1S/C28H36ClNO4/c1-7-34-23-9-8-17(12-18(23)29)24-25-19(13-27(2,3)15-21(25)31)30(10-11-33-6)20-14-28(4,5)16-22(32)26(20)24/h8-9,12,24H,7,10-11,13-16H2,1-6H3. The fourth-order valence-corrected chi connectivity index (χ4v) is 6.05. The van der Waals surface area contributed by atoms with E-state index in [1.807, 2.05) is 25.1 Å². The van der Waals surface area contributed by atoms with Crippen molar-refractivity contribution in [1.82, 2.24) is 4.90 Å². The fraction of sp³-hybridized carbons (Fsp3) is 0.571. The lowest BCUT2D eigenvalue weighted by molar-refractivity contribution is -0.119. The Morgan fingerprint density at radius 1 is 0.971 bits per heavy atom. The van der Waals surface area contributed by atoms with Crippen LogP contribution in [0.2, 0.25) is 5.02 Å². The number of benzene rings is 1. The maximum Gasteiger partial charge on any atom is 0.162 e. The Bertz CT molecular complexity index is 1030. The van der Waals surface area contributed by atoms with Gasteiger partial charge >= 0.3 is 0 Å². The van der Waals surface area contributed by atoms with Gasteiger partial charge in [0.1, 0.15) is 5.75 Å². The van der Waals surface area contributed by atoms with Crippen molar-refractivity contribution in [2.75, 3.05) is 26.9 Å². The Morgan fingerprint density at radius 3 is 2.00 bits per heavy atom. The molecule has 6 heteroatoms. The van der Waals surface area contributed by atoms with Gasteiger partial charge in [0, 0.05) is 55.0 Å². The number of ether oxygens (including phenoxy) is 2. The first kappa shape index (κ1) is 25.0. The molecule has 0 amide bonds. The van der Waals surface area contributed by atoms with Crippen LogP contribution >= 0.6 is 11.6 Å². The van der Waals surface area contributed by atoms with Crippen LogP contribution in [0.5, 0.6) is 5.75 Å². The number of ketones is 2. The average Bonchev–Trinajstić information content (AvgIpc) is 2.71. The predicted molar refractivity (Wildman–Crippen MR) is 134 cm³/mol. The van der Waals surface area contributed by atoms with Gasteiger partial charge in [-0.1, -0.05) is 45.4 Å². The number of carbonyl (C=O) groups excluding carboxylic acids is 2. The number of rotatable bonds is 6. The minimum Gasteiger partial charge on any atom is -0.492 e. The molecular formula is C28H36ClNO4. The fourth-order valence-electron chi connectivity index (χ4n) is 5.80. The molecule has 4 rings (SSSR count). The van der Waals surface area contributed by atoms with E-state index in [1.54, 1.807) is 7.11 Å². The maximum absolute atomic E-state index is 13.7. The number of halogens is 1. The Hall–Kier alpha value is -2.11. The molecule has 3 aliphatic rings. The molecule has 0 bridgehead atoms. The minimum atomic E-state index is -0.399. The summed E-state index contributed by atoms with van der Waals surface area (Å²) in [4.78, 5) is 29.6. The summed E-state index contributed by atoms with van der Waals surface area (Å²) in [6.07, 6.45) is 2.50. The van der Waals surface area contributed by atoms with E-state index in [0.717, 1.165) is 40.9 Å². The van der Waals surface area contributed by atoms with Gasteiger partial charge in [-0.05, 0) is 48.3 Å². The van der Waals surface area contributed by atoms with Crippen molar-refractivity contribution >= 4 is 23.2 Å². The highest BCUT2D eigenvalue weighted by atomic mass is 35.5. The summed E-state index contributed by atoms with van der Waals surface area (Å²) in [5, 5.41) is 0.498. The second-order valence-corrected chi connectivity index (χ2v) is 11.7. The third kappa shape index (κ3) is 4.57. The Balaban J connectivity index is 1.95. The topological polar surface area (TPSA) is 55.8 Å². The molecule has 2 aliphatic carbocycles. The van der Waals surface area contributed by atoms with Crippen molar-refractivity contribution in [3.05, 3.63) is 51.3 Å². The van der Waals surface area contributed by atoms with Crippen LogP contribution in [-0.4, -0.2) is 43.3 Å². The third-order valence-electron chi connectivity index (χ3n) is 7.13. The van der Waals surface area contributed by atoms with Crippen LogP contribution < -0.4 is 4.74 Å². The van der Waals surface area contributed by atoms with E-state index < -0.39 is 5.92 Å². The van der Waals surface area contributed by atoms with Gasteiger partial charge in [0.25, 0.3) is 0 Å². The number of hydrogen-bond donors (Lipinski definition) is 0. The lowest BCUT2D eigenvalue weighted by Gasteiger charge is -2.49. The molecule has 0 unspecified atom stereocenters. The van der Waals surface area contributed by atoms with Crippen molar-refractivity contribution in [1.29, 1.82) is 0 Å². The van der Waals surface area contributed by atoms with E-state index in [9.17, 15) is 9.59 Å². The van der Waals surface area contributed by atoms with Gasteiger partial charge < -0.3 is 14.4 Å². The van der Waals surface area contributed by atoms with Crippen molar-refractivity contribution in [2.24, 2.45) is 10.8 Å². The number of allylic oxidation sites excluding steroid dienone is 4. The van der Waals surface area contributed by atoms with Crippen molar-refractivity contribution < 1.29 is 19.1 Å². The van der Waals surface area contributed by atoms with Gasteiger partial charge in [0.15, 0.2) is 11.6 Å². The summed E-state index contributed by atoms with van der Waals surface area (Å²) >= 11 is 6.58. The molecule has 34 heavy (non-hydrogen) atoms. The Morgan fingerprint density at radius 2 is 1.53 bits per heavy atom. The van der Waals surface area contributed by atoms with Crippen LogP contribution in [0.25, 0.3) is 0 Å². The van der Waals surface area contributed by atoms with Gasteiger partial charge in [0.05, 0.1) is 18.2 Å². The largest absolute Gasteiger partial charge is 0.492 e. The SMILES string of the molecule is CCOc1ccc(C2C3=C(CC(C)(C)CC3=O)N(CCOC)C3=C2C(=O)CC(C)(C)C3)cc1Cl. The maximum atomic E-state index is 13.7. The number of hydrogen-bond acceptors (Lipinski definition) is 5. The zero-order valence-corrected chi connectivity index (χ0v) is 22.0. The van der Waals surface area contributed by atoms with Crippen LogP contribution in [-0.2, 0) is 14.3 Å². The molecule has 184 valence electrons. The normalized spacial score (nSPS) is 22.1. The summed E-state index contributed by atoms with van der Waals surface area (Å²) < 4.78 is 11.1. The van der Waals surface area contributed by atoms with Gasteiger partial charge in [0.2, 0.25) is 0 Å². The molecule has 0 atom stereocenters. The van der Waals surface area contributed by atoms with E-state index in [1.165, 1.54) is 0 Å². The molecule has 1 heterocycles. The number of methoxy groups -OCH3 is 1. The molecule has 1 aromatic carbocycles. The molecule has 0 fully saturated rings.